The Morgan fingerprint density at radius 3 is 2.44 bits per heavy atom. The van der Waals surface area contributed by atoms with E-state index in [-0.39, 0.29) is 4.90 Å². The maximum absolute atomic E-state index is 12.6. The van der Waals surface area contributed by atoms with Gasteiger partial charge >= 0.3 is 0 Å². The van der Waals surface area contributed by atoms with E-state index in [1.54, 1.807) is 24.3 Å². The van der Waals surface area contributed by atoms with Crippen molar-refractivity contribution in [1.29, 1.82) is 0 Å². The van der Waals surface area contributed by atoms with Crippen LogP contribution in [-0.2, 0) is 14.8 Å². The molecule has 1 saturated carbocycles. The number of hydrogen-bond acceptors (Lipinski definition) is 5. The third kappa shape index (κ3) is 4.56. The molecule has 6 nitrogen and oxygen atoms in total. The molecule has 3 rings (SSSR count). The minimum absolute atomic E-state index is 0.0477. The van der Waals surface area contributed by atoms with Crippen molar-refractivity contribution in [3.8, 4) is 11.5 Å². The SMILES string of the molecule is CCOc1ccc(S(=O)(=O)NC(=O)C2(Oc3ccc(Cl)cc3)CC2)cc1Br. The highest BCUT2D eigenvalue weighted by molar-refractivity contribution is 9.10. The molecule has 2 aromatic rings. The monoisotopic (exact) mass is 473 g/mol. The summed E-state index contributed by atoms with van der Waals surface area (Å²) in [5, 5.41) is 0.542. The number of sulfonamides is 1. The van der Waals surface area contributed by atoms with Crippen molar-refractivity contribution in [1.82, 2.24) is 4.72 Å². The summed E-state index contributed by atoms with van der Waals surface area (Å²) in [5.74, 6) is 0.281. The average molecular weight is 475 g/mol. The van der Waals surface area contributed by atoms with Crippen molar-refractivity contribution in [3.63, 3.8) is 0 Å². The van der Waals surface area contributed by atoms with Crippen LogP contribution < -0.4 is 14.2 Å². The van der Waals surface area contributed by atoms with Crippen LogP contribution in [0.1, 0.15) is 19.8 Å². The molecular formula is C18H17BrClNO5S. The first kappa shape index (κ1) is 20.0. The summed E-state index contributed by atoms with van der Waals surface area (Å²) < 4.78 is 38.8. The van der Waals surface area contributed by atoms with Crippen molar-refractivity contribution in [2.75, 3.05) is 6.61 Å². The van der Waals surface area contributed by atoms with Gasteiger partial charge in [-0.2, -0.15) is 0 Å². The highest BCUT2D eigenvalue weighted by Gasteiger charge is 2.54. The molecule has 1 N–H and O–H groups in total. The summed E-state index contributed by atoms with van der Waals surface area (Å²) in [7, 11) is -4.04. The molecule has 0 aromatic heterocycles. The van der Waals surface area contributed by atoms with Crippen LogP contribution >= 0.6 is 27.5 Å². The average Bonchev–Trinajstić information content (AvgIpc) is 3.39. The van der Waals surface area contributed by atoms with E-state index in [1.807, 2.05) is 6.92 Å². The lowest BCUT2D eigenvalue weighted by atomic mass is 10.3. The van der Waals surface area contributed by atoms with Gasteiger partial charge < -0.3 is 9.47 Å². The number of benzene rings is 2. The Morgan fingerprint density at radius 1 is 1.22 bits per heavy atom. The van der Waals surface area contributed by atoms with Crippen molar-refractivity contribution >= 4 is 43.5 Å². The maximum atomic E-state index is 12.6. The predicted octanol–water partition coefficient (Wildman–Crippen LogP) is 3.92. The Balaban J connectivity index is 1.74. The van der Waals surface area contributed by atoms with E-state index in [2.05, 4.69) is 20.7 Å². The van der Waals surface area contributed by atoms with Gasteiger partial charge in [0.1, 0.15) is 11.5 Å². The largest absolute Gasteiger partial charge is 0.493 e. The lowest BCUT2D eigenvalue weighted by Crippen LogP contribution is -2.43. The molecule has 0 atom stereocenters. The molecule has 0 saturated heterocycles. The predicted molar refractivity (Wildman–Crippen MR) is 105 cm³/mol. The van der Waals surface area contributed by atoms with Gasteiger partial charge in [0.15, 0.2) is 5.60 Å². The van der Waals surface area contributed by atoms with E-state index < -0.39 is 21.5 Å². The molecule has 144 valence electrons. The van der Waals surface area contributed by atoms with Gasteiger partial charge in [-0.25, -0.2) is 13.1 Å². The molecule has 0 bridgehead atoms. The minimum Gasteiger partial charge on any atom is -0.493 e. The van der Waals surface area contributed by atoms with Crippen molar-refractivity contribution in [3.05, 3.63) is 52.0 Å². The molecule has 1 aliphatic carbocycles. The molecular weight excluding hydrogens is 458 g/mol. The summed E-state index contributed by atoms with van der Waals surface area (Å²) >= 11 is 9.10. The molecule has 1 amide bonds. The van der Waals surface area contributed by atoms with Crippen LogP contribution in [0.3, 0.4) is 0 Å². The zero-order valence-electron chi connectivity index (χ0n) is 14.4. The lowest BCUT2D eigenvalue weighted by Gasteiger charge is -2.18. The van der Waals surface area contributed by atoms with E-state index in [1.165, 1.54) is 18.2 Å². The molecule has 1 fully saturated rings. The first-order valence-corrected chi connectivity index (χ1v) is 10.9. The van der Waals surface area contributed by atoms with E-state index in [0.717, 1.165) is 0 Å². The highest BCUT2D eigenvalue weighted by atomic mass is 79.9. The Kier molecular flexibility index (Phi) is 5.69. The fraction of sp³-hybridized carbons (Fsp3) is 0.278. The standard InChI is InChI=1S/C18H17BrClNO5S/c1-2-25-16-8-7-14(11-15(16)19)27(23,24)21-17(22)18(9-10-18)26-13-5-3-12(20)4-6-13/h3-8,11H,2,9-10H2,1H3,(H,21,22). The van der Waals surface area contributed by atoms with Crippen LogP contribution in [0.25, 0.3) is 0 Å². The zero-order chi connectivity index (χ0) is 19.7. The number of halogens is 2. The fourth-order valence-corrected chi connectivity index (χ4v) is 4.25. The highest BCUT2D eigenvalue weighted by Crippen LogP contribution is 2.41. The van der Waals surface area contributed by atoms with Gasteiger partial charge in [0, 0.05) is 17.9 Å². The fourth-order valence-electron chi connectivity index (χ4n) is 2.41. The maximum Gasteiger partial charge on any atom is 0.277 e. The molecule has 2 aromatic carbocycles. The van der Waals surface area contributed by atoms with Crippen LogP contribution in [0.4, 0.5) is 0 Å². The smallest absolute Gasteiger partial charge is 0.277 e. The van der Waals surface area contributed by atoms with Gasteiger partial charge in [-0.1, -0.05) is 11.6 Å². The number of ether oxygens (including phenoxy) is 2. The lowest BCUT2D eigenvalue weighted by molar-refractivity contribution is -0.127. The van der Waals surface area contributed by atoms with Gasteiger partial charge in [-0.3, -0.25) is 4.79 Å². The van der Waals surface area contributed by atoms with Crippen LogP contribution in [0.15, 0.2) is 51.8 Å². The number of nitrogens with one attached hydrogen (secondary N) is 1. The second kappa shape index (κ2) is 7.69. The van der Waals surface area contributed by atoms with Crippen LogP contribution in [-0.4, -0.2) is 26.5 Å². The van der Waals surface area contributed by atoms with Crippen LogP contribution in [0, 0.1) is 0 Å². The molecule has 0 heterocycles. The molecule has 0 spiro atoms. The summed E-state index contributed by atoms with van der Waals surface area (Å²) in [4.78, 5) is 12.5. The topological polar surface area (TPSA) is 81.7 Å². The van der Waals surface area contributed by atoms with Gasteiger partial charge in [0.2, 0.25) is 0 Å². The van der Waals surface area contributed by atoms with E-state index in [0.29, 0.717) is 40.4 Å². The van der Waals surface area contributed by atoms with E-state index in [4.69, 9.17) is 21.1 Å². The van der Waals surface area contributed by atoms with Gasteiger partial charge in [0.05, 0.1) is 16.0 Å². The van der Waals surface area contributed by atoms with E-state index >= 15 is 0 Å². The summed E-state index contributed by atoms with van der Waals surface area (Å²) in [5.41, 5.74) is -1.18. The number of amides is 1. The number of rotatable bonds is 7. The van der Waals surface area contributed by atoms with Crippen molar-refractivity contribution in [2.45, 2.75) is 30.3 Å². The molecule has 9 heteroatoms. The Morgan fingerprint density at radius 2 is 1.89 bits per heavy atom. The molecule has 0 unspecified atom stereocenters. The van der Waals surface area contributed by atoms with Crippen LogP contribution in [0.2, 0.25) is 5.02 Å². The molecule has 0 radical (unpaired) electrons. The third-order valence-electron chi connectivity index (χ3n) is 3.99. The minimum atomic E-state index is -4.04. The number of carbonyl (C=O) groups is 1. The molecule has 0 aliphatic heterocycles. The van der Waals surface area contributed by atoms with E-state index in [9.17, 15) is 13.2 Å². The van der Waals surface area contributed by atoms with Gasteiger partial charge in [-0.15, -0.1) is 0 Å². The van der Waals surface area contributed by atoms with Crippen molar-refractivity contribution < 1.29 is 22.7 Å². The molecule has 1 aliphatic rings. The first-order chi connectivity index (χ1) is 12.8. The molecule has 27 heavy (non-hydrogen) atoms. The van der Waals surface area contributed by atoms with Crippen molar-refractivity contribution in [2.24, 2.45) is 0 Å². The second-order valence-corrected chi connectivity index (χ2v) is 8.98. The quantitative estimate of drug-likeness (QED) is 0.658. The second-order valence-electron chi connectivity index (χ2n) is 6.01. The Bertz CT molecular complexity index is 958. The van der Waals surface area contributed by atoms with Gasteiger partial charge in [0.25, 0.3) is 15.9 Å². The zero-order valence-corrected chi connectivity index (χ0v) is 17.5. The Hall–Kier alpha value is -1.77. The number of carbonyl (C=O) groups excluding carboxylic acids is 1. The first-order valence-electron chi connectivity index (χ1n) is 8.20. The summed E-state index contributed by atoms with van der Waals surface area (Å²) in [6.07, 6.45) is 0.869. The summed E-state index contributed by atoms with van der Waals surface area (Å²) in [6.45, 7) is 2.28. The third-order valence-corrected chi connectivity index (χ3v) is 6.19. The summed E-state index contributed by atoms with van der Waals surface area (Å²) in [6, 6.07) is 10.8. The van der Waals surface area contributed by atoms with Crippen LogP contribution in [0.5, 0.6) is 11.5 Å². The van der Waals surface area contributed by atoms with Gasteiger partial charge in [-0.05, 0) is 65.3 Å². The normalized spacial score (nSPS) is 15.1. The Labute approximate surface area is 171 Å². The number of hydrogen-bond donors (Lipinski definition) is 1.